The minimum Gasteiger partial charge on any atom is -0.416 e. The number of nitrogens with two attached hydrogens (primary N) is 1. The molecule has 2 rings (SSSR count). The van der Waals surface area contributed by atoms with E-state index in [0.29, 0.717) is 11.5 Å². The minimum absolute atomic E-state index is 0.104. The van der Waals surface area contributed by atoms with Gasteiger partial charge in [0, 0.05) is 0 Å². The molecule has 0 aliphatic rings. The van der Waals surface area contributed by atoms with Crippen LogP contribution in [0.1, 0.15) is 0 Å². The highest BCUT2D eigenvalue weighted by atomic mass is 31.2. The molecule has 0 saturated heterocycles. The fourth-order valence-corrected chi connectivity index (χ4v) is 3.02. The van der Waals surface area contributed by atoms with Crippen LogP contribution < -0.4 is 14.8 Å². The van der Waals surface area contributed by atoms with Crippen LogP contribution in [0.3, 0.4) is 0 Å². The molecule has 104 valence electrons. The van der Waals surface area contributed by atoms with Gasteiger partial charge in [-0.1, -0.05) is 42.5 Å². The van der Waals surface area contributed by atoms with Crippen LogP contribution in [0.4, 0.5) is 0 Å². The average Bonchev–Trinajstić information content (AvgIpc) is 2.47. The van der Waals surface area contributed by atoms with E-state index in [1.807, 2.05) is 12.1 Å². The first-order valence-corrected chi connectivity index (χ1v) is 7.90. The Hall–Kier alpha value is -2.19. The van der Waals surface area contributed by atoms with Gasteiger partial charge in [-0.25, -0.2) is 4.57 Å². The van der Waals surface area contributed by atoms with Crippen molar-refractivity contribution in [2.24, 2.45) is 5.73 Å². The molecule has 2 N–H and O–H groups in total. The van der Waals surface area contributed by atoms with E-state index in [0.717, 1.165) is 0 Å². The largest absolute Gasteiger partial charge is 0.434 e. The molecular weight excluding hydrogens is 273 g/mol. The van der Waals surface area contributed by atoms with E-state index in [4.69, 9.17) is 14.8 Å². The zero-order chi connectivity index (χ0) is 14.3. The van der Waals surface area contributed by atoms with Gasteiger partial charge in [-0.3, -0.25) is 0 Å². The summed E-state index contributed by atoms with van der Waals surface area (Å²) >= 11 is 0. The lowest BCUT2D eigenvalue weighted by Crippen LogP contribution is -2.04. The second-order valence-electron chi connectivity index (χ2n) is 4.03. The third-order valence-corrected chi connectivity index (χ3v) is 4.08. The van der Waals surface area contributed by atoms with Crippen molar-refractivity contribution in [1.82, 2.24) is 0 Å². The molecule has 4 nitrogen and oxygen atoms in total. The first-order chi connectivity index (χ1) is 9.72. The number of hydrogen-bond donors (Lipinski definition) is 1. The summed E-state index contributed by atoms with van der Waals surface area (Å²) in [5.74, 6) is 0.995. The molecular formula is C15H16NO3P. The SMILES string of the molecule is NC=CCP(=O)(Oc1ccccc1)Oc1ccccc1. The first kappa shape index (κ1) is 14.2. The molecule has 0 fully saturated rings. The van der Waals surface area contributed by atoms with E-state index in [-0.39, 0.29) is 6.16 Å². The Morgan fingerprint density at radius 2 is 1.35 bits per heavy atom. The van der Waals surface area contributed by atoms with Crippen LogP contribution in [0.15, 0.2) is 72.9 Å². The van der Waals surface area contributed by atoms with Gasteiger partial charge in [0.25, 0.3) is 0 Å². The third kappa shape index (κ3) is 4.18. The van der Waals surface area contributed by atoms with E-state index in [1.54, 1.807) is 54.6 Å². The normalized spacial score (nSPS) is 11.4. The molecule has 0 heterocycles. The van der Waals surface area contributed by atoms with Crippen molar-refractivity contribution in [2.75, 3.05) is 6.16 Å². The first-order valence-electron chi connectivity index (χ1n) is 6.17. The van der Waals surface area contributed by atoms with Gasteiger partial charge in [0.15, 0.2) is 0 Å². The summed E-state index contributed by atoms with van der Waals surface area (Å²) in [5, 5.41) is 0. The monoisotopic (exact) mass is 289 g/mol. The lowest BCUT2D eigenvalue weighted by Gasteiger charge is -2.18. The molecule has 20 heavy (non-hydrogen) atoms. The molecule has 0 aliphatic carbocycles. The molecule has 0 aliphatic heterocycles. The van der Waals surface area contributed by atoms with Crippen molar-refractivity contribution in [3.63, 3.8) is 0 Å². The van der Waals surface area contributed by atoms with Gasteiger partial charge < -0.3 is 14.8 Å². The van der Waals surface area contributed by atoms with Gasteiger partial charge >= 0.3 is 7.60 Å². The Balaban J connectivity index is 2.19. The second kappa shape index (κ2) is 6.83. The maximum Gasteiger partial charge on any atom is 0.434 e. The molecule has 0 spiro atoms. The van der Waals surface area contributed by atoms with Gasteiger partial charge in [0.2, 0.25) is 0 Å². The van der Waals surface area contributed by atoms with Crippen LogP contribution in [-0.4, -0.2) is 6.16 Å². The van der Waals surface area contributed by atoms with E-state index in [9.17, 15) is 4.57 Å². The van der Waals surface area contributed by atoms with Crippen LogP contribution in [0.25, 0.3) is 0 Å². The molecule has 0 aromatic heterocycles. The Morgan fingerprint density at radius 3 is 1.75 bits per heavy atom. The summed E-state index contributed by atoms with van der Waals surface area (Å²) in [7, 11) is -3.35. The fourth-order valence-electron chi connectivity index (χ4n) is 1.57. The summed E-state index contributed by atoms with van der Waals surface area (Å²) < 4.78 is 23.8. The predicted molar refractivity (Wildman–Crippen MR) is 79.9 cm³/mol. The van der Waals surface area contributed by atoms with E-state index in [1.165, 1.54) is 6.20 Å². The molecule has 0 bridgehead atoms. The lowest BCUT2D eigenvalue weighted by molar-refractivity contribution is 0.389. The van der Waals surface area contributed by atoms with Crippen LogP contribution >= 0.6 is 7.60 Å². The van der Waals surface area contributed by atoms with Crippen LogP contribution in [0.5, 0.6) is 11.5 Å². The molecule has 0 saturated carbocycles. The third-order valence-electron chi connectivity index (χ3n) is 2.44. The summed E-state index contributed by atoms with van der Waals surface area (Å²) in [5.41, 5.74) is 5.31. The molecule has 0 radical (unpaired) electrons. The van der Waals surface area contributed by atoms with Crippen molar-refractivity contribution in [1.29, 1.82) is 0 Å². The molecule has 0 amide bonds. The van der Waals surface area contributed by atoms with Crippen molar-refractivity contribution in [3.8, 4) is 11.5 Å². The highest BCUT2D eigenvalue weighted by molar-refractivity contribution is 7.54. The van der Waals surface area contributed by atoms with Gasteiger partial charge in [-0.15, -0.1) is 0 Å². The van der Waals surface area contributed by atoms with Crippen molar-refractivity contribution < 1.29 is 13.6 Å². The minimum atomic E-state index is -3.35. The fraction of sp³-hybridized carbons (Fsp3) is 0.0667. The lowest BCUT2D eigenvalue weighted by atomic mass is 10.3. The van der Waals surface area contributed by atoms with E-state index in [2.05, 4.69) is 0 Å². The van der Waals surface area contributed by atoms with E-state index < -0.39 is 7.60 Å². The smallest absolute Gasteiger partial charge is 0.416 e. The van der Waals surface area contributed by atoms with E-state index >= 15 is 0 Å². The maximum absolute atomic E-state index is 12.8. The topological polar surface area (TPSA) is 61.6 Å². The Labute approximate surface area is 118 Å². The zero-order valence-corrected chi connectivity index (χ0v) is 11.8. The van der Waals surface area contributed by atoms with Crippen molar-refractivity contribution in [3.05, 3.63) is 72.9 Å². The average molecular weight is 289 g/mol. The molecule has 5 heteroatoms. The van der Waals surface area contributed by atoms with Crippen LogP contribution in [0.2, 0.25) is 0 Å². The Kier molecular flexibility index (Phi) is 4.85. The van der Waals surface area contributed by atoms with Gasteiger partial charge in [0.1, 0.15) is 11.5 Å². The molecule has 2 aromatic carbocycles. The standard InChI is InChI=1S/C15H16NO3P/c16-12-7-13-20(17,18-14-8-3-1-4-9-14)19-15-10-5-2-6-11-15/h1-12H,13,16H2. The second-order valence-corrected chi connectivity index (χ2v) is 5.98. The summed E-state index contributed by atoms with van der Waals surface area (Å²) in [6.45, 7) is 0. The van der Waals surface area contributed by atoms with Crippen LogP contribution in [0, 0.1) is 0 Å². The maximum atomic E-state index is 12.8. The number of hydrogen-bond acceptors (Lipinski definition) is 4. The quantitative estimate of drug-likeness (QED) is 0.821. The Bertz CT molecular complexity index is 554. The van der Waals surface area contributed by atoms with Crippen molar-refractivity contribution >= 4 is 7.60 Å². The summed E-state index contributed by atoms with van der Waals surface area (Å²) in [6, 6.07) is 17.9. The Morgan fingerprint density at radius 1 is 0.900 bits per heavy atom. The zero-order valence-electron chi connectivity index (χ0n) is 10.9. The number of para-hydroxylation sites is 2. The van der Waals surface area contributed by atoms with Crippen molar-refractivity contribution in [2.45, 2.75) is 0 Å². The summed E-state index contributed by atoms with van der Waals surface area (Å²) in [4.78, 5) is 0. The summed E-state index contributed by atoms with van der Waals surface area (Å²) in [6.07, 6.45) is 3.00. The number of rotatable bonds is 6. The van der Waals surface area contributed by atoms with Gasteiger partial charge in [-0.05, 0) is 30.5 Å². The predicted octanol–water partition coefficient (Wildman–Crippen LogP) is 3.81. The van der Waals surface area contributed by atoms with Gasteiger partial charge in [0.05, 0.1) is 6.16 Å². The van der Waals surface area contributed by atoms with Gasteiger partial charge in [-0.2, -0.15) is 0 Å². The molecule has 2 aromatic rings. The number of allylic oxidation sites excluding steroid dienone is 1. The van der Waals surface area contributed by atoms with Crippen LogP contribution in [-0.2, 0) is 4.57 Å². The molecule has 0 unspecified atom stereocenters. The number of benzene rings is 2. The highest BCUT2D eigenvalue weighted by Crippen LogP contribution is 2.48. The molecule has 0 atom stereocenters. The highest BCUT2D eigenvalue weighted by Gasteiger charge is 2.26.